The molecule has 0 aromatic rings. The zero-order valence-electron chi connectivity index (χ0n) is 6.33. The predicted molar refractivity (Wildman–Crippen MR) is 45.2 cm³/mol. The number of hydrogen-bond donors (Lipinski definition) is 0. The second-order valence-corrected chi connectivity index (χ2v) is 2.48. The molecule has 0 saturated carbocycles. The van der Waals surface area contributed by atoms with Crippen LogP contribution in [0.2, 0.25) is 0 Å². The minimum Gasteiger partial charge on any atom is -0.127 e. The summed E-state index contributed by atoms with van der Waals surface area (Å²) in [5.74, 6) is 0.837. The van der Waals surface area contributed by atoms with E-state index in [9.17, 15) is 0 Å². The molecule has 0 aliphatic heterocycles. The molecule has 0 spiro atoms. The fourth-order valence-electron chi connectivity index (χ4n) is 0.698. The molecule has 0 unspecified atom stereocenters. The summed E-state index contributed by atoms with van der Waals surface area (Å²) in [4.78, 5) is 0. The molecule has 0 rings (SSSR count). The van der Waals surface area contributed by atoms with Crippen molar-refractivity contribution in [1.82, 2.24) is 0 Å². The summed E-state index contributed by atoms with van der Waals surface area (Å²) in [6.07, 6.45) is 6.57. The summed E-state index contributed by atoms with van der Waals surface area (Å²) in [5.41, 5.74) is 0. The normalized spacial score (nSPS) is 8.67. The van der Waals surface area contributed by atoms with Gasteiger partial charge in [0.1, 0.15) is 0 Å². The van der Waals surface area contributed by atoms with Crippen LogP contribution in [0.4, 0.5) is 0 Å². The highest BCUT2D eigenvalue weighted by atomic mass is 35.5. The van der Waals surface area contributed by atoms with E-state index in [1.165, 1.54) is 32.1 Å². The Balaban J connectivity index is 0. The van der Waals surface area contributed by atoms with Crippen LogP contribution in [0.25, 0.3) is 0 Å². The molecule has 0 aliphatic rings. The Morgan fingerprint density at radius 3 is 2.00 bits per heavy atom. The minimum atomic E-state index is 0. The second kappa shape index (κ2) is 11.8. The van der Waals surface area contributed by atoms with E-state index in [1.807, 2.05) is 0 Å². The molecule has 0 nitrogen and oxygen atoms in total. The Labute approximate surface area is 79.5 Å². The molecule has 0 aromatic carbocycles. The van der Waals surface area contributed by atoms with E-state index in [1.54, 1.807) is 0 Å². The van der Waals surface area contributed by atoms with Gasteiger partial charge >= 0.3 is 0 Å². The molecule has 0 heterocycles. The third-order valence-corrected chi connectivity index (χ3v) is 1.50. The van der Waals surface area contributed by atoms with Crippen LogP contribution < -0.4 is 0 Å². The van der Waals surface area contributed by atoms with Gasteiger partial charge in [0.05, 0.1) is 0 Å². The standard InChI is InChI=1S/C7H15Cl.Mg/c1-2-3-4-5-6-7-8;/h2-7H2,1H3;. The maximum absolute atomic E-state index is 5.48. The summed E-state index contributed by atoms with van der Waals surface area (Å²) < 4.78 is 0. The first kappa shape index (κ1) is 12.7. The monoisotopic (exact) mass is 158 g/mol. The van der Waals surface area contributed by atoms with Crippen molar-refractivity contribution >= 4 is 34.7 Å². The van der Waals surface area contributed by atoms with Gasteiger partial charge in [-0.1, -0.05) is 32.6 Å². The molecule has 52 valence electrons. The molecular weight excluding hydrogens is 144 g/mol. The Morgan fingerprint density at radius 2 is 1.56 bits per heavy atom. The van der Waals surface area contributed by atoms with Gasteiger partial charge in [0, 0.05) is 28.9 Å². The summed E-state index contributed by atoms with van der Waals surface area (Å²) in [5, 5.41) is 0. The van der Waals surface area contributed by atoms with Gasteiger partial charge in [0.25, 0.3) is 0 Å². The minimum absolute atomic E-state index is 0. The molecule has 2 radical (unpaired) electrons. The van der Waals surface area contributed by atoms with Gasteiger partial charge in [-0.2, -0.15) is 0 Å². The van der Waals surface area contributed by atoms with Gasteiger partial charge in [-0.3, -0.25) is 0 Å². The van der Waals surface area contributed by atoms with Crippen molar-refractivity contribution in [2.24, 2.45) is 0 Å². The first-order chi connectivity index (χ1) is 3.91. The molecule has 9 heavy (non-hydrogen) atoms. The smallest absolute Gasteiger partial charge is 0.0223 e. The summed E-state index contributed by atoms with van der Waals surface area (Å²) >= 11 is 5.48. The number of alkyl halides is 1. The van der Waals surface area contributed by atoms with Crippen LogP contribution >= 0.6 is 11.6 Å². The van der Waals surface area contributed by atoms with Gasteiger partial charge in [-0.05, 0) is 6.42 Å². The van der Waals surface area contributed by atoms with E-state index >= 15 is 0 Å². The molecule has 0 aromatic heterocycles. The second-order valence-electron chi connectivity index (χ2n) is 2.10. The molecular formula is C7H15ClMg. The molecule has 0 N–H and O–H groups in total. The van der Waals surface area contributed by atoms with Crippen molar-refractivity contribution in [3.05, 3.63) is 0 Å². The van der Waals surface area contributed by atoms with Crippen LogP contribution in [0.15, 0.2) is 0 Å². The first-order valence-electron chi connectivity index (χ1n) is 3.47. The number of halogens is 1. The number of rotatable bonds is 5. The zero-order valence-corrected chi connectivity index (χ0v) is 8.50. The number of unbranched alkanes of at least 4 members (excludes halogenated alkanes) is 4. The maximum atomic E-state index is 5.48. The van der Waals surface area contributed by atoms with Crippen LogP contribution in [-0.2, 0) is 0 Å². The van der Waals surface area contributed by atoms with E-state index in [0.29, 0.717) is 0 Å². The average Bonchev–Trinajstić information content (AvgIpc) is 1.81. The molecule has 0 atom stereocenters. The highest BCUT2D eigenvalue weighted by Gasteiger charge is 1.84. The molecule has 0 aliphatic carbocycles. The lowest BCUT2D eigenvalue weighted by atomic mass is 10.2. The van der Waals surface area contributed by atoms with Gasteiger partial charge in [0.2, 0.25) is 0 Å². The van der Waals surface area contributed by atoms with Crippen molar-refractivity contribution in [3.8, 4) is 0 Å². The van der Waals surface area contributed by atoms with Crippen molar-refractivity contribution in [2.45, 2.75) is 39.0 Å². The lowest BCUT2D eigenvalue weighted by molar-refractivity contribution is 0.658. The molecule has 0 fully saturated rings. The first-order valence-corrected chi connectivity index (χ1v) is 4.01. The number of hydrogen-bond acceptors (Lipinski definition) is 0. The Morgan fingerprint density at radius 1 is 1.00 bits per heavy atom. The molecule has 0 saturated heterocycles. The van der Waals surface area contributed by atoms with Gasteiger partial charge in [-0.25, -0.2) is 0 Å². The Hall–Kier alpha value is 1.06. The molecule has 0 amide bonds. The maximum Gasteiger partial charge on any atom is 0.0223 e. The third kappa shape index (κ3) is 12.3. The Bertz CT molecular complexity index is 33.9. The van der Waals surface area contributed by atoms with Gasteiger partial charge in [0.15, 0.2) is 0 Å². The summed E-state index contributed by atoms with van der Waals surface area (Å²) in [7, 11) is 0. The van der Waals surface area contributed by atoms with Crippen molar-refractivity contribution in [1.29, 1.82) is 0 Å². The van der Waals surface area contributed by atoms with Crippen LogP contribution in [0.3, 0.4) is 0 Å². The molecule has 2 heteroatoms. The van der Waals surface area contributed by atoms with Crippen LogP contribution in [0.5, 0.6) is 0 Å². The predicted octanol–water partition coefficient (Wildman–Crippen LogP) is 2.81. The van der Waals surface area contributed by atoms with E-state index in [-0.39, 0.29) is 23.1 Å². The van der Waals surface area contributed by atoms with Crippen LogP contribution in [0.1, 0.15) is 39.0 Å². The SMILES string of the molecule is CCCCCCCCl.[Mg]. The van der Waals surface area contributed by atoms with E-state index in [2.05, 4.69) is 6.92 Å². The van der Waals surface area contributed by atoms with Crippen LogP contribution in [0, 0.1) is 0 Å². The molecule has 0 bridgehead atoms. The van der Waals surface area contributed by atoms with E-state index in [4.69, 9.17) is 11.6 Å². The Kier molecular flexibility index (Phi) is 16.7. The van der Waals surface area contributed by atoms with Crippen LogP contribution in [-0.4, -0.2) is 28.9 Å². The topological polar surface area (TPSA) is 0 Å². The highest BCUT2D eigenvalue weighted by Crippen LogP contribution is 2.02. The fraction of sp³-hybridized carbons (Fsp3) is 1.00. The van der Waals surface area contributed by atoms with Gasteiger partial charge < -0.3 is 0 Å². The van der Waals surface area contributed by atoms with E-state index < -0.39 is 0 Å². The van der Waals surface area contributed by atoms with Crippen molar-refractivity contribution < 1.29 is 0 Å². The highest BCUT2D eigenvalue weighted by molar-refractivity contribution is 6.17. The van der Waals surface area contributed by atoms with Gasteiger partial charge in [-0.15, -0.1) is 11.6 Å². The largest absolute Gasteiger partial charge is 0.127 e. The quantitative estimate of drug-likeness (QED) is 0.328. The lowest BCUT2D eigenvalue weighted by Crippen LogP contribution is -1.76. The van der Waals surface area contributed by atoms with E-state index in [0.717, 1.165) is 5.88 Å². The summed E-state index contributed by atoms with van der Waals surface area (Å²) in [6.45, 7) is 2.22. The zero-order chi connectivity index (χ0) is 6.24. The lowest BCUT2D eigenvalue weighted by Gasteiger charge is -1.93. The summed E-state index contributed by atoms with van der Waals surface area (Å²) in [6, 6.07) is 0. The van der Waals surface area contributed by atoms with Crippen molar-refractivity contribution in [2.75, 3.05) is 5.88 Å². The fourth-order valence-corrected chi connectivity index (χ4v) is 0.887. The van der Waals surface area contributed by atoms with Crippen molar-refractivity contribution in [3.63, 3.8) is 0 Å². The average molecular weight is 159 g/mol. The third-order valence-electron chi connectivity index (χ3n) is 1.24.